The van der Waals surface area contributed by atoms with Crippen molar-refractivity contribution in [3.63, 3.8) is 0 Å². The molecule has 0 fully saturated rings. The van der Waals surface area contributed by atoms with Gasteiger partial charge in [-0.2, -0.15) is 0 Å². The van der Waals surface area contributed by atoms with E-state index in [0.29, 0.717) is 17.1 Å². The number of aliphatic hydroxyl groups is 1. The summed E-state index contributed by atoms with van der Waals surface area (Å²) in [6.45, 7) is 6.10. The fraction of sp³-hybridized carbons (Fsp3) is 0.375. The first kappa shape index (κ1) is 20.9. The molecule has 1 N–H and O–H groups in total. The van der Waals surface area contributed by atoms with Crippen LogP contribution >= 0.6 is 0 Å². The molecular weight excluding hydrogens is 362 g/mol. The van der Waals surface area contributed by atoms with E-state index in [0.717, 1.165) is 29.7 Å². The number of fused-ring (bicyclic) bond motifs is 1. The van der Waals surface area contributed by atoms with Crippen LogP contribution in [0.3, 0.4) is 0 Å². The van der Waals surface area contributed by atoms with Gasteiger partial charge in [-0.15, -0.1) is 0 Å². The first-order valence-electron chi connectivity index (χ1n) is 10.2. The van der Waals surface area contributed by atoms with E-state index in [-0.39, 0.29) is 5.56 Å². The molecule has 1 aromatic carbocycles. The van der Waals surface area contributed by atoms with Crippen molar-refractivity contribution in [2.75, 3.05) is 14.1 Å². The predicted octanol–water partition coefficient (Wildman–Crippen LogP) is 4.48. The first-order valence-corrected chi connectivity index (χ1v) is 10.2. The van der Waals surface area contributed by atoms with Gasteiger partial charge in [0.05, 0.1) is 11.8 Å². The summed E-state index contributed by atoms with van der Waals surface area (Å²) >= 11 is 0. The first-order chi connectivity index (χ1) is 13.8. The standard InChI is InChI=1S/C24H31N3O2/c1-6-17(2)14-19(15-25(4)5)21-12-13-26-16-22(18(3)28)27(24(29)23(21)26)20-10-8-7-9-11-20/h7-13,15-18,28H,6,14H2,1-5H3. The van der Waals surface area contributed by atoms with E-state index in [1.807, 2.05) is 72.2 Å². The van der Waals surface area contributed by atoms with Crippen LogP contribution in [0.4, 0.5) is 0 Å². The van der Waals surface area contributed by atoms with Crippen molar-refractivity contribution in [2.24, 2.45) is 5.92 Å². The van der Waals surface area contributed by atoms with Crippen LogP contribution in [-0.4, -0.2) is 33.1 Å². The number of nitrogens with zero attached hydrogens (tertiary/aromatic N) is 3. The lowest BCUT2D eigenvalue weighted by molar-refractivity contribution is 0.190. The number of hydrogen-bond donors (Lipinski definition) is 1. The molecule has 154 valence electrons. The Bertz CT molecular complexity index is 1060. The highest BCUT2D eigenvalue weighted by atomic mass is 16.3. The van der Waals surface area contributed by atoms with Crippen LogP contribution in [-0.2, 0) is 0 Å². The van der Waals surface area contributed by atoms with Crippen molar-refractivity contribution in [1.29, 1.82) is 0 Å². The van der Waals surface area contributed by atoms with Crippen molar-refractivity contribution >= 4 is 11.1 Å². The third-order valence-corrected chi connectivity index (χ3v) is 5.32. The fourth-order valence-corrected chi connectivity index (χ4v) is 3.66. The second-order valence-electron chi connectivity index (χ2n) is 8.03. The summed E-state index contributed by atoms with van der Waals surface area (Å²) in [6.07, 6.45) is 7.09. The molecule has 0 bridgehead atoms. The average Bonchev–Trinajstić information content (AvgIpc) is 3.12. The fourth-order valence-electron chi connectivity index (χ4n) is 3.66. The minimum absolute atomic E-state index is 0.122. The summed E-state index contributed by atoms with van der Waals surface area (Å²) in [7, 11) is 4.01. The van der Waals surface area contributed by atoms with Crippen molar-refractivity contribution in [3.8, 4) is 5.69 Å². The maximum Gasteiger partial charge on any atom is 0.280 e. The van der Waals surface area contributed by atoms with Crippen molar-refractivity contribution in [3.05, 3.63) is 76.6 Å². The SMILES string of the molecule is CCC(C)CC(=CN(C)C)c1ccn2cc(C(C)O)n(-c3ccccc3)c(=O)c12. The Kier molecular flexibility index (Phi) is 6.28. The largest absolute Gasteiger partial charge is 0.387 e. The highest BCUT2D eigenvalue weighted by Crippen LogP contribution is 2.28. The zero-order valence-corrected chi connectivity index (χ0v) is 18.0. The molecule has 0 saturated heterocycles. The summed E-state index contributed by atoms with van der Waals surface area (Å²) in [5.74, 6) is 0.518. The van der Waals surface area contributed by atoms with E-state index in [2.05, 4.69) is 20.0 Å². The number of para-hydroxylation sites is 1. The van der Waals surface area contributed by atoms with Crippen LogP contribution < -0.4 is 5.56 Å². The molecule has 0 amide bonds. The monoisotopic (exact) mass is 393 g/mol. The van der Waals surface area contributed by atoms with Gasteiger partial charge in [-0.05, 0) is 43.0 Å². The van der Waals surface area contributed by atoms with Crippen LogP contribution in [0, 0.1) is 5.92 Å². The van der Waals surface area contributed by atoms with Gasteiger partial charge in [0.1, 0.15) is 5.52 Å². The molecule has 29 heavy (non-hydrogen) atoms. The molecule has 2 aromatic heterocycles. The smallest absolute Gasteiger partial charge is 0.280 e. The Morgan fingerprint density at radius 2 is 1.86 bits per heavy atom. The van der Waals surface area contributed by atoms with Gasteiger partial charge in [0, 0.05) is 43.9 Å². The van der Waals surface area contributed by atoms with Crippen LogP contribution in [0.2, 0.25) is 0 Å². The molecular formula is C24H31N3O2. The molecule has 3 aromatic rings. The van der Waals surface area contributed by atoms with Crippen molar-refractivity contribution in [2.45, 2.75) is 39.7 Å². The van der Waals surface area contributed by atoms with Gasteiger partial charge >= 0.3 is 0 Å². The van der Waals surface area contributed by atoms with Gasteiger partial charge in [0.2, 0.25) is 0 Å². The van der Waals surface area contributed by atoms with Crippen LogP contribution in [0.15, 0.2) is 59.8 Å². The zero-order valence-electron chi connectivity index (χ0n) is 18.0. The molecule has 0 aliphatic rings. The zero-order chi connectivity index (χ0) is 21.1. The lowest BCUT2D eigenvalue weighted by atomic mass is 9.95. The topological polar surface area (TPSA) is 49.9 Å². The van der Waals surface area contributed by atoms with Gasteiger partial charge in [-0.3, -0.25) is 9.36 Å². The Labute approximate surface area is 172 Å². The van der Waals surface area contributed by atoms with E-state index in [1.165, 1.54) is 0 Å². The molecule has 2 atom stereocenters. The number of rotatable bonds is 7. The minimum Gasteiger partial charge on any atom is -0.387 e. The molecule has 2 unspecified atom stereocenters. The number of aliphatic hydroxyl groups excluding tert-OH is 1. The highest BCUT2D eigenvalue weighted by Gasteiger charge is 2.19. The van der Waals surface area contributed by atoms with Crippen LogP contribution in [0.25, 0.3) is 16.8 Å². The van der Waals surface area contributed by atoms with Crippen molar-refractivity contribution < 1.29 is 5.11 Å². The summed E-state index contributed by atoms with van der Waals surface area (Å²) in [4.78, 5) is 15.7. The number of aromatic nitrogens is 2. The van der Waals surface area contributed by atoms with Crippen molar-refractivity contribution in [1.82, 2.24) is 13.9 Å². The summed E-state index contributed by atoms with van der Waals surface area (Å²) < 4.78 is 3.47. The molecule has 0 saturated carbocycles. The van der Waals surface area contributed by atoms with Gasteiger partial charge < -0.3 is 14.4 Å². The minimum atomic E-state index is -0.768. The van der Waals surface area contributed by atoms with Crippen LogP contribution in [0.1, 0.15) is 51.0 Å². The summed E-state index contributed by atoms with van der Waals surface area (Å²) in [5, 5.41) is 10.3. The van der Waals surface area contributed by atoms with Crippen LogP contribution in [0.5, 0.6) is 0 Å². The van der Waals surface area contributed by atoms with Gasteiger partial charge in [-0.1, -0.05) is 38.5 Å². The Balaban J connectivity index is 2.30. The van der Waals surface area contributed by atoms with E-state index in [1.54, 1.807) is 11.5 Å². The van der Waals surface area contributed by atoms with Gasteiger partial charge in [-0.25, -0.2) is 0 Å². The molecule has 3 rings (SSSR count). The normalized spacial score (nSPS) is 14.2. The molecule has 5 heteroatoms. The Morgan fingerprint density at radius 1 is 1.17 bits per heavy atom. The molecule has 0 spiro atoms. The summed E-state index contributed by atoms with van der Waals surface area (Å²) in [5.41, 5.74) is 3.93. The second kappa shape index (κ2) is 8.70. The van der Waals surface area contributed by atoms with Gasteiger partial charge in [0.15, 0.2) is 0 Å². The number of hydrogen-bond acceptors (Lipinski definition) is 3. The third-order valence-electron chi connectivity index (χ3n) is 5.32. The number of allylic oxidation sites excluding steroid dienone is 1. The van der Waals surface area contributed by atoms with Gasteiger partial charge in [0.25, 0.3) is 5.56 Å². The average molecular weight is 394 g/mol. The molecule has 0 radical (unpaired) electrons. The second-order valence-corrected chi connectivity index (χ2v) is 8.03. The Morgan fingerprint density at radius 3 is 2.45 bits per heavy atom. The third kappa shape index (κ3) is 4.30. The van der Waals surface area contributed by atoms with E-state index in [9.17, 15) is 9.90 Å². The number of benzene rings is 1. The molecule has 0 aliphatic carbocycles. The maximum atomic E-state index is 13.7. The lowest BCUT2D eigenvalue weighted by Gasteiger charge is -2.18. The quantitative estimate of drug-likeness (QED) is 0.644. The Hall–Kier alpha value is -2.79. The van der Waals surface area contributed by atoms with E-state index in [4.69, 9.17) is 0 Å². The molecule has 2 heterocycles. The lowest BCUT2D eigenvalue weighted by Crippen LogP contribution is -2.25. The molecule has 5 nitrogen and oxygen atoms in total. The van der Waals surface area contributed by atoms with E-state index < -0.39 is 6.10 Å². The highest BCUT2D eigenvalue weighted by molar-refractivity contribution is 5.78. The maximum absolute atomic E-state index is 13.7. The van der Waals surface area contributed by atoms with E-state index >= 15 is 0 Å². The summed E-state index contributed by atoms with van der Waals surface area (Å²) in [6, 6.07) is 11.5. The molecule has 0 aliphatic heterocycles. The predicted molar refractivity (Wildman–Crippen MR) is 119 cm³/mol.